The molecular weight excluding hydrogens is 1310 g/mol. The van der Waals surface area contributed by atoms with Crippen molar-refractivity contribution >= 4 is 46.5 Å². The Balaban J connectivity index is 0.000000235. The summed E-state index contributed by atoms with van der Waals surface area (Å²) in [4.78, 5) is 80.3. The van der Waals surface area contributed by atoms with E-state index in [1.54, 1.807) is 24.8 Å². The van der Waals surface area contributed by atoms with Gasteiger partial charge in [-0.15, -0.1) is 0 Å². The van der Waals surface area contributed by atoms with Gasteiger partial charge in [0.25, 0.3) is 11.8 Å². The molecule has 6 heterocycles. The fourth-order valence-electron chi connectivity index (χ4n) is 17.4. The Labute approximate surface area is 629 Å². The molecule has 0 bridgehead atoms. The molecule has 12 rings (SSSR count). The number of nitrogens with one attached hydrogen (secondary N) is 2. The number of piperazine rings is 2. The third-order valence-corrected chi connectivity index (χ3v) is 22.5. The minimum Gasteiger partial charge on any atom is -0.870 e. The molecule has 6 aliphatic rings. The van der Waals surface area contributed by atoms with Gasteiger partial charge < -0.3 is 55.0 Å². The monoisotopic (exact) mass is 1410 g/mol. The van der Waals surface area contributed by atoms with Crippen LogP contribution in [0.5, 0.6) is 11.5 Å². The Morgan fingerprint density at radius 1 is 0.485 bits per heavy atom. The minimum absolute atomic E-state index is 0. The summed E-state index contributed by atoms with van der Waals surface area (Å²) in [6.45, 7) is 38.5. The first-order valence-electron chi connectivity index (χ1n) is 35.7. The Bertz CT molecular complexity index is 3970. The van der Waals surface area contributed by atoms with Crippen LogP contribution in [0.15, 0.2) is 97.6 Å². The van der Waals surface area contributed by atoms with Crippen molar-refractivity contribution in [3.8, 4) is 23.6 Å². The fraction of sp³-hybridized carbons (Fsp3) is 0.519. The summed E-state index contributed by atoms with van der Waals surface area (Å²) in [5.74, 6) is 0.947. The topological polar surface area (TPSA) is 289 Å². The van der Waals surface area contributed by atoms with E-state index in [1.807, 2.05) is 76.2 Å². The van der Waals surface area contributed by atoms with Gasteiger partial charge in [-0.2, -0.15) is 10.5 Å². The smallest absolute Gasteiger partial charge is 0.870 e. The average molecular weight is 1410 g/mol. The number of methoxy groups -OCH3 is 1. The number of carboxylic acid groups (broad SMARTS) is 1. The number of carbonyl (C=O) groups excluding carboxylic acids is 3. The van der Waals surface area contributed by atoms with Gasteiger partial charge >= 0.3 is 41.5 Å². The molecular formula is C79H101N14NaO9. The van der Waals surface area contributed by atoms with Gasteiger partial charge in [0.2, 0.25) is 11.6 Å². The molecule has 0 spiro atoms. The van der Waals surface area contributed by atoms with Crippen molar-refractivity contribution in [2.45, 2.75) is 133 Å². The largest absolute Gasteiger partial charge is 1.00 e. The molecule has 23 nitrogen and oxygen atoms in total. The predicted octanol–water partition coefficient (Wildman–Crippen LogP) is 7.54. The maximum Gasteiger partial charge on any atom is 1.00 e. The number of nitrogens with zero attached hydrogens (tertiary/aromatic N) is 12. The number of ether oxygens (including phenoxy) is 3. The average Bonchev–Trinajstić information content (AvgIpc) is 0.713. The first-order valence-corrected chi connectivity index (χ1v) is 35.7. The molecule has 2 aliphatic carbocycles. The first-order chi connectivity index (χ1) is 48.1. The number of carbonyl (C=O) groups is 4. The number of anilines is 4. The molecule has 0 atom stereocenters. The zero-order valence-electron chi connectivity index (χ0n) is 62.5. The number of hydrogen-bond donors (Lipinski definition) is 3. The van der Waals surface area contributed by atoms with Crippen LogP contribution in [0.4, 0.5) is 22.7 Å². The molecule has 6 aromatic rings. The summed E-state index contributed by atoms with van der Waals surface area (Å²) in [6.07, 6.45) is 10.9. The van der Waals surface area contributed by atoms with Crippen molar-refractivity contribution < 1.29 is 73.5 Å². The third-order valence-electron chi connectivity index (χ3n) is 22.5. The molecule has 4 saturated heterocycles. The number of carboxylic acids is 1. The number of aromatic carboxylic acids is 1. The molecule has 2 saturated carbocycles. The number of benzene rings is 4. The molecule has 6 fully saturated rings. The Hall–Kier alpha value is -8.42. The van der Waals surface area contributed by atoms with Crippen LogP contribution in [0.2, 0.25) is 0 Å². The van der Waals surface area contributed by atoms with Gasteiger partial charge in [-0.05, 0) is 160 Å². The third kappa shape index (κ3) is 17.2. The molecule has 0 unspecified atom stereocenters. The second-order valence-corrected chi connectivity index (χ2v) is 31.0. The first kappa shape index (κ1) is 78.7. The fourth-order valence-corrected chi connectivity index (χ4v) is 17.4. The molecule has 0 radical (unpaired) electrons. The number of piperidine rings is 2. The molecule has 24 heteroatoms. The summed E-state index contributed by atoms with van der Waals surface area (Å²) in [5, 5.41) is 34.6. The van der Waals surface area contributed by atoms with Crippen molar-refractivity contribution in [1.82, 2.24) is 40.4 Å². The van der Waals surface area contributed by atoms with Crippen molar-refractivity contribution in [3.63, 3.8) is 0 Å². The SMILES string of the molecule is COC(=O)c1ncc(N2CCN(CC3CCN(c4ccc(C(=O)NC5C(C)(C)C(Oc6cc(C)c(C#N)c(C)c6)C5(C)C)cc4)CC3)CC2)cn1.Cc1cc(OC2C(C)(C)C(NC(=O)c3ccc(N4CCC(CN5CCN(c6cnc(C(=O)O)nc6)CC5)CC4)cc3)C2(C)C)cc(C)c1C#N.[Na+].[OH-]. The van der Waals surface area contributed by atoms with Crippen LogP contribution in [0, 0.1) is 83.9 Å². The number of aryl methyl sites for hydroxylation is 4. The van der Waals surface area contributed by atoms with E-state index in [0.717, 1.165) is 174 Å². The van der Waals surface area contributed by atoms with Crippen molar-refractivity contribution in [2.24, 2.45) is 33.5 Å². The van der Waals surface area contributed by atoms with Gasteiger partial charge in [0, 0.05) is 148 Å². The van der Waals surface area contributed by atoms with Crippen LogP contribution in [0.25, 0.3) is 0 Å². The second-order valence-electron chi connectivity index (χ2n) is 31.0. The van der Waals surface area contributed by atoms with Crippen molar-refractivity contribution in [3.05, 3.63) is 154 Å². The van der Waals surface area contributed by atoms with Gasteiger partial charge in [-0.25, -0.2) is 29.5 Å². The number of nitriles is 2. The summed E-state index contributed by atoms with van der Waals surface area (Å²) in [7, 11) is 1.33. The summed E-state index contributed by atoms with van der Waals surface area (Å²) < 4.78 is 17.8. The van der Waals surface area contributed by atoms with Crippen LogP contribution >= 0.6 is 0 Å². The van der Waals surface area contributed by atoms with Crippen LogP contribution < -0.4 is 69.3 Å². The molecule has 4 aliphatic heterocycles. The maximum atomic E-state index is 13.5. The van der Waals surface area contributed by atoms with E-state index in [4.69, 9.17) is 19.3 Å². The van der Waals surface area contributed by atoms with E-state index >= 15 is 0 Å². The van der Waals surface area contributed by atoms with Crippen LogP contribution in [0.1, 0.15) is 156 Å². The normalized spacial score (nSPS) is 21.4. The van der Waals surface area contributed by atoms with E-state index < -0.39 is 11.9 Å². The standard InChI is InChI=1S/C40H51N7O4.C39H49N7O4.Na.H2O/c1-26-20-32(21-27(2)33(26)22-41)51-38-39(3,4)37(40(38,5)6)44-35(48)29-8-10-30(11-9-29)46-14-12-28(13-15-46)25-45-16-18-47(19-17-45)31-23-42-34(43-24-31)36(49)50-7;1-25-19-31(20-26(2)32(25)21-40)50-37-38(3,4)36(39(37,5)6)43-34(47)28-7-9-29(10-8-28)45-13-11-27(12-14-45)24-44-15-17-46(18-16-44)30-22-41-33(35(48)49)42-23-30;;/h8-11,20-21,23-24,28,37-38H,12-19,25H2,1-7H3,(H,44,48);7-10,19-20,22-23,27,36-37H,11-18,24H2,1-6H3,(H,43,47)(H,48,49);;1H2/q;;+1;/p-1. The molecule has 2 aromatic heterocycles. The van der Waals surface area contributed by atoms with E-state index in [0.29, 0.717) is 34.1 Å². The van der Waals surface area contributed by atoms with Crippen LogP contribution in [0.3, 0.4) is 0 Å². The number of esters is 1. The molecule has 4 aromatic carbocycles. The Morgan fingerprint density at radius 2 is 0.786 bits per heavy atom. The Kier molecular flexibility index (Phi) is 25.0. The molecule has 103 heavy (non-hydrogen) atoms. The van der Waals surface area contributed by atoms with E-state index in [2.05, 4.69) is 152 Å². The zero-order valence-corrected chi connectivity index (χ0v) is 64.5. The zero-order chi connectivity index (χ0) is 72.3. The number of amides is 2. The van der Waals surface area contributed by atoms with Crippen LogP contribution in [-0.2, 0) is 4.74 Å². The van der Waals surface area contributed by atoms with E-state index in [9.17, 15) is 29.7 Å². The number of rotatable bonds is 18. The van der Waals surface area contributed by atoms with E-state index in [1.165, 1.54) is 7.11 Å². The molecule has 4 N–H and O–H groups in total. The van der Waals surface area contributed by atoms with Gasteiger partial charge in [0.05, 0.1) is 66.5 Å². The quantitative estimate of drug-likeness (QED) is 0.0553. The molecule has 542 valence electrons. The summed E-state index contributed by atoms with van der Waals surface area (Å²) in [6, 6.07) is 28.2. The minimum atomic E-state index is -1.11. The van der Waals surface area contributed by atoms with Gasteiger partial charge in [0.1, 0.15) is 23.7 Å². The summed E-state index contributed by atoms with van der Waals surface area (Å²) in [5.41, 5.74) is 9.25. The second kappa shape index (κ2) is 32.7. The number of aromatic nitrogens is 4. The van der Waals surface area contributed by atoms with Gasteiger partial charge in [0.15, 0.2) is 0 Å². The van der Waals surface area contributed by atoms with Crippen LogP contribution in [-0.4, -0.2) is 187 Å². The van der Waals surface area contributed by atoms with E-state index in [-0.39, 0.29) is 104 Å². The Morgan fingerprint density at radius 3 is 1.08 bits per heavy atom. The maximum absolute atomic E-state index is 13.5. The van der Waals surface area contributed by atoms with Crippen molar-refractivity contribution in [2.75, 3.05) is 118 Å². The molecule has 2 amide bonds. The predicted molar refractivity (Wildman–Crippen MR) is 392 cm³/mol. The van der Waals surface area contributed by atoms with Crippen molar-refractivity contribution in [1.29, 1.82) is 10.5 Å². The summed E-state index contributed by atoms with van der Waals surface area (Å²) >= 11 is 0. The van der Waals surface area contributed by atoms with Gasteiger partial charge in [-0.3, -0.25) is 19.4 Å². The van der Waals surface area contributed by atoms with Gasteiger partial charge in [-0.1, -0.05) is 55.4 Å². The number of hydrogen-bond acceptors (Lipinski definition) is 20.